The molecule has 30 heavy (non-hydrogen) atoms. The SMILES string of the molecule is C=C1c2ccccc2C(=O)N1CC(=O)N(c1ccccc1)c1nc2ccccc2s1. The molecule has 1 aliphatic rings. The van der Waals surface area contributed by atoms with E-state index in [9.17, 15) is 9.59 Å². The first kappa shape index (κ1) is 18.3. The van der Waals surface area contributed by atoms with Gasteiger partial charge in [0.1, 0.15) is 6.54 Å². The van der Waals surface area contributed by atoms with Crippen molar-refractivity contribution in [3.05, 3.63) is 96.6 Å². The molecule has 0 N–H and O–H groups in total. The molecule has 5 nitrogen and oxygen atoms in total. The second-order valence-corrected chi connectivity index (χ2v) is 7.92. The Balaban J connectivity index is 1.52. The monoisotopic (exact) mass is 411 g/mol. The predicted octanol–water partition coefficient (Wildman–Crippen LogP) is 5.09. The van der Waals surface area contributed by atoms with Gasteiger partial charge in [0.2, 0.25) is 0 Å². The van der Waals surface area contributed by atoms with Crippen molar-refractivity contribution in [2.24, 2.45) is 0 Å². The van der Waals surface area contributed by atoms with Crippen molar-refractivity contribution >= 4 is 49.9 Å². The number of fused-ring (bicyclic) bond motifs is 2. The van der Waals surface area contributed by atoms with Crippen LogP contribution in [0.3, 0.4) is 0 Å². The van der Waals surface area contributed by atoms with Gasteiger partial charge in [0.25, 0.3) is 11.8 Å². The molecule has 2 heterocycles. The summed E-state index contributed by atoms with van der Waals surface area (Å²) in [6.45, 7) is 3.93. The van der Waals surface area contributed by atoms with Crippen LogP contribution in [0.5, 0.6) is 0 Å². The maximum Gasteiger partial charge on any atom is 0.259 e. The van der Waals surface area contributed by atoms with Crippen molar-refractivity contribution < 1.29 is 9.59 Å². The predicted molar refractivity (Wildman–Crippen MR) is 120 cm³/mol. The highest BCUT2D eigenvalue weighted by atomic mass is 32.1. The van der Waals surface area contributed by atoms with Crippen LogP contribution in [0.15, 0.2) is 85.4 Å². The average Bonchev–Trinajstić information content (AvgIpc) is 3.30. The zero-order valence-electron chi connectivity index (χ0n) is 16.0. The van der Waals surface area contributed by atoms with E-state index in [4.69, 9.17) is 0 Å². The van der Waals surface area contributed by atoms with Crippen LogP contribution in [0.4, 0.5) is 10.8 Å². The standard InChI is InChI=1S/C24H17N3O2S/c1-16-18-11-5-6-12-19(18)23(29)26(16)15-22(28)27(17-9-3-2-4-10-17)24-25-20-13-7-8-14-21(20)30-24/h2-14H,1,15H2. The Morgan fingerprint density at radius 3 is 2.33 bits per heavy atom. The molecule has 2 amide bonds. The molecule has 3 aromatic carbocycles. The fraction of sp³-hybridized carbons (Fsp3) is 0.0417. The number of rotatable bonds is 4. The molecule has 0 saturated carbocycles. The molecular weight excluding hydrogens is 394 g/mol. The molecule has 0 spiro atoms. The van der Waals surface area contributed by atoms with Gasteiger partial charge >= 0.3 is 0 Å². The topological polar surface area (TPSA) is 53.5 Å². The third kappa shape index (κ3) is 2.98. The molecule has 146 valence electrons. The second kappa shape index (κ2) is 7.24. The second-order valence-electron chi connectivity index (χ2n) is 6.91. The number of para-hydroxylation sites is 2. The Kier molecular flexibility index (Phi) is 4.41. The number of carbonyl (C=O) groups excluding carboxylic acids is 2. The van der Waals surface area contributed by atoms with E-state index in [0.717, 1.165) is 15.8 Å². The zero-order valence-corrected chi connectivity index (χ0v) is 16.8. The van der Waals surface area contributed by atoms with Crippen molar-refractivity contribution in [2.45, 2.75) is 0 Å². The molecule has 0 atom stereocenters. The summed E-state index contributed by atoms with van der Waals surface area (Å²) in [6.07, 6.45) is 0. The highest BCUT2D eigenvalue weighted by molar-refractivity contribution is 7.22. The van der Waals surface area contributed by atoms with Crippen molar-refractivity contribution in [3.8, 4) is 0 Å². The minimum Gasteiger partial charge on any atom is -0.299 e. The number of benzene rings is 3. The maximum absolute atomic E-state index is 13.5. The summed E-state index contributed by atoms with van der Waals surface area (Å²) in [6, 6.07) is 24.4. The van der Waals surface area contributed by atoms with E-state index >= 15 is 0 Å². The van der Waals surface area contributed by atoms with Gasteiger partial charge < -0.3 is 0 Å². The van der Waals surface area contributed by atoms with Crippen molar-refractivity contribution in [3.63, 3.8) is 0 Å². The van der Waals surface area contributed by atoms with Crippen LogP contribution in [-0.4, -0.2) is 28.2 Å². The van der Waals surface area contributed by atoms with Gasteiger partial charge in [0.15, 0.2) is 5.13 Å². The number of thiazole rings is 1. The Labute approximate surface area is 177 Å². The van der Waals surface area contributed by atoms with E-state index in [-0.39, 0.29) is 18.4 Å². The van der Waals surface area contributed by atoms with Crippen LogP contribution in [0.25, 0.3) is 15.9 Å². The molecule has 0 radical (unpaired) electrons. The maximum atomic E-state index is 13.5. The van der Waals surface area contributed by atoms with Crippen LogP contribution < -0.4 is 4.90 Å². The largest absolute Gasteiger partial charge is 0.299 e. The van der Waals surface area contributed by atoms with Gasteiger partial charge in [-0.2, -0.15) is 0 Å². The fourth-order valence-corrected chi connectivity index (χ4v) is 4.61. The third-order valence-electron chi connectivity index (χ3n) is 5.07. The summed E-state index contributed by atoms with van der Waals surface area (Å²) >= 11 is 1.44. The summed E-state index contributed by atoms with van der Waals surface area (Å²) < 4.78 is 0.996. The minimum atomic E-state index is -0.248. The van der Waals surface area contributed by atoms with E-state index < -0.39 is 0 Å². The van der Waals surface area contributed by atoms with Gasteiger partial charge in [-0.15, -0.1) is 0 Å². The summed E-state index contributed by atoms with van der Waals surface area (Å²) in [5.74, 6) is -0.455. The van der Waals surface area contributed by atoms with E-state index in [0.29, 0.717) is 22.1 Å². The van der Waals surface area contributed by atoms with Gasteiger partial charge in [0.05, 0.1) is 15.9 Å². The first-order chi connectivity index (χ1) is 14.6. The lowest BCUT2D eigenvalue weighted by Crippen LogP contribution is -2.37. The van der Waals surface area contributed by atoms with Gasteiger partial charge in [-0.25, -0.2) is 4.98 Å². The van der Waals surface area contributed by atoms with Gasteiger partial charge in [0, 0.05) is 16.8 Å². The van der Waals surface area contributed by atoms with Crippen LogP contribution in [-0.2, 0) is 4.79 Å². The third-order valence-corrected chi connectivity index (χ3v) is 6.09. The van der Waals surface area contributed by atoms with Gasteiger partial charge in [-0.3, -0.25) is 19.4 Å². The normalized spacial score (nSPS) is 13.0. The molecule has 1 aliphatic heterocycles. The fourth-order valence-electron chi connectivity index (χ4n) is 3.60. The number of aromatic nitrogens is 1. The quantitative estimate of drug-likeness (QED) is 0.470. The first-order valence-electron chi connectivity index (χ1n) is 9.47. The van der Waals surface area contributed by atoms with Gasteiger partial charge in [-0.1, -0.05) is 66.4 Å². The lowest BCUT2D eigenvalue weighted by atomic mass is 10.1. The molecule has 0 unspecified atom stereocenters. The van der Waals surface area contributed by atoms with E-state index in [1.807, 2.05) is 72.8 Å². The molecule has 0 bridgehead atoms. The minimum absolute atomic E-state index is 0.114. The molecule has 0 aliphatic carbocycles. The lowest BCUT2D eigenvalue weighted by molar-refractivity contribution is -0.118. The first-order valence-corrected chi connectivity index (χ1v) is 10.3. The average molecular weight is 411 g/mol. The number of anilines is 2. The smallest absolute Gasteiger partial charge is 0.259 e. The Hall–Kier alpha value is -3.77. The number of amides is 2. The van der Waals surface area contributed by atoms with Crippen LogP contribution in [0, 0.1) is 0 Å². The summed E-state index contributed by atoms with van der Waals surface area (Å²) in [5, 5.41) is 0.571. The van der Waals surface area contributed by atoms with Crippen LogP contribution >= 0.6 is 11.3 Å². The van der Waals surface area contributed by atoms with Crippen molar-refractivity contribution in [1.29, 1.82) is 0 Å². The van der Waals surface area contributed by atoms with E-state index in [1.165, 1.54) is 16.2 Å². The summed E-state index contributed by atoms with van der Waals surface area (Å²) in [4.78, 5) is 34.0. The Morgan fingerprint density at radius 2 is 1.60 bits per heavy atom. The lowest BCUT2D eigenvalue weighted by Gasteiger charge is -2.24. The number of hydrogen-bond acceptors (Lipinski definition) is 4. The molecule has 0 fully saturated rings. The Bertz CT molecular complexity index is 1230. The van der Waals surface area contributed by atoms with E-state index in [1.54, 1.807) is 11.0 Å². The highest BCUT2D eigenvalue weighted by Crippen LogP contribution is 2.35. The zero-order chi connectivity index (χ0) is 20.7. The van der Waals surface area contributed by atoms with E-state index in [2.05, 4.69) is 11.6 Å². The summed E-state index contributed by atoms with van der Waals surface area (Å²) in [5.41, 5.74) is 3.42. The number of carbonyl (C=O) groups is 2. The molecule has 6 heteroatoms. The molecule has 1 aromatic heterocycles. The van der Waals surface area contributed by atoms with Crippen LogP contribution in [0.1, 0.15) is 15.9 Å². The molecule has 5 rings (SSSR count). The Morgan fingerprint density at radius 1 is 0.933 bits per heavy atom. The number of nitrogens with zero attached hydrogens (tertiary/aromatic N) is 3. The van der Waals surface area contributed by atoms with Crippen molar-refractivity contribution in [2.75, 3.05) is 11.4 Å². The van der Waals surface area contributed by atoms with Crippen LogP contribution in [0.2, 0.25) is 0 Å². The molecule has 4 aromatic rings. The highest BCUT2D eigenvalue weighted by Gasteiger charge is 2.34. The molecular formula is C24H17N3O2S. The molecule has 0 saturated heterocycles. The summed E-state index contributed by atoms with van der Waals surface area (Å²) in [7, 11) is 0. The number of hydrogen-bond donors (Lipinski definition) is 0. The van der Waals surface area contributed by atoms with Gasteiger partial charge in [-0.05, 0) is 30.3 Å². The van der Waals surface area contributed by atoms with Crippen molar-refractivity contribution in [1.82, 2.24) is 9.88 Å².